The monoisotopic (exact) mass is 317 g/mol. The van der Waals surface area contributed by atoms with Crippen LogP contribution in [0.2, 0.25) is 0 Å². The molecule has 0 unspecified atom stereocenters. The Kier molecular flexibility index (Phi) is 6.19. The van der Waals surface area contributed by atoms with Gasteiger partial charge in [0.1, 0.15) is 18.5 Å². The van der Waals surface area contributed by atoms with E-state index in [-0.39, 0.29) is 0 Å². The smallest absolute Gasteiger partial charge is 0.125 e. The number of ether oxygens (including phenoxy) is 1. The predicted molar refractivity (Wildman–Crippen MR) is 92.0 cm³/mol. The Balaban J connectivity index is 1.71. The van der Waals surface area contributed by atoms with Gasteiger partial charge in [0.25, 0.3) is 0 Å². The van der Waals surface area contributed by atoms with Gasteiger partial charge in [-0.3, -0.25) is 4.68 Å². The van der Waals surface area contributed by atoms with Crippen LogP contribution in [0.4, 0.5) is 0 Å². The van der Waals surface area contributed by atoms with E-state index in [1.807, 2.05) is 43.9 Å². The van der Waals surface area contributed by atoms with Crippen molar-refractivity contribution >= 4 is 0 Å². The number of hydrogen-bond donors (Lipinski definition) is 2. The molecule has 5 nitrogen and oxygen atoms in total. The van der Waals surface area contributed by atoms with Crippen LogP contribution in [0.25, 0.3) is 0 Å². The Morgan fingerprint density at radius 3 is 2.65 bits per heavy atom. The van der Waals surface area contributed by atoms with Crippen LogP contribution in [0.1, 0.15) is 22.3 Å². The molecule has 0 aliphatic heterocycles. The van der Waals surface area contributed by atoms with Crippen molar-refractivity contribution < 1.29 is 9.84 Å². The Hall–Kier alpha value is -1.85. The second kappa shape index (κ2) is 8.13. The molecule has 2 N–H and O–H groups in total. The van der Waals surface area contributed by atoms with E-state index in [2.05, 4.69) is 23.4 Å². The summed E-state index contributed by atoms with van der Waals surface area (Å²) in [6, 6.07) is 4.14. The van der Waals surface area contributed by atoms with Crippen molar-refractivity contribution in [1.82, 2.24) is 15.1 Å². The Labute approximate surface area is 138 Å². The topological polar surface area (TPSA) is 59.3 Å². The molecule has 126 valence electrons. The zero-order valence-corrected chi connectivity index (χ0v) is 14.5. The molecule has 1 aromatic heterocycles. The van der Waals surface area contributed by atoms with Crippen LogP contribution in [-0.2, 0) is 6.54 Å². The van der Waals surface area contributed by atoms with Crippen LogP contribution in [-0.4, -0.2) is 40.7 Å². The molecule has 0 spiro atoms. The van der Waals surface area contributed by atoms with Crippen LogP contribution < -0.4 is 10.1 Å². The molecule has 0 aliphatic carbocycles. The van der Waals surface area contributed by atoms with Gasteiger partial charge in [0.15, 0.2) is 0 Å². The van der Waals surface area contributed by atoms with E-state index in [0.29, 0.717) is 13.2 Å². The lowest BCUT2D eigenvalue weighted by Gasteiger charge is -2.17. The van der Waals surface area contributed by atoms with Gasteiger partial charge in [-0.2, -0.15) is 5.10 Å². The molecule has 0 bridgehead atoms. The normalized spacial score (nSPS) is 12.4. The fourth-order valence-corrected chi connectivity index (χ4v) is 2.44. The van der Waals surface area contributed by atoms with Gasteiger partial charge < -0.3 is 15.2 Å². The molecule has 1 atom stereocenters. The number of aliphatic hydroxyl groups excluding tert-OH is 1. The van der Waals surface area contributed by atoms with Crippen molar-refractivity contribution in [3.63, 3.8) is 0 Å². The van der Waals surface area contributed by atoms with E-state index in [9.17, 15) is 5.11 Å². The molecule has 0 saturated carbocycles. The summed E-state index contributed by atoms with van der Waals surface area (Å²) in [5.41, 5.74) is 4.59. The molecule has 5 heteroatoms. The minimum absolute atomic E-state index is 0.291. The lowest BCUT2D eigenvalue weighted by Crippen LogP contribution is -2.33. The standard InChI is InChI=1S/C18H27N3O2/c1-13-9-20-21(11-13)8-7-19-10-17(22)12-23-18-15(3)6-5-14(2)16(18)4/h5-6,9,11,17,19,22H,7-8,10,12H2,1-4H3/t17-/m1/s1. The number of nitrogens with zero attached hydrogens (tertiary/aromatic N) is 2. The molecule has 1 heterocycles. The predicted octanol–water partition coefficient (Wildman–Crippen LogP) is 2.15. The van der Waals surface area contributed by atoms with Crippen molar-refractivity contribution in [3.05, 3.63) is 46.8 Å². The third-order valence-corrected chi connectivity index (χ3v) is 3.95. The largest absolute Gasteiger partial charge is 0.490 e. The maximum Gasteiger partial charge on any atom is 0.125 e. The van der Waals surface area contributed by atoms with Gasteiger partial charge in [0, 0.05) is 19.3 Å². The lowest BCUT2D eigenvalue weighted by molar-refractivity contribution is 0.105. The maximum absolute atomic E-state index is 10.1. The number of benzene rings is 1. The summed E-state index contributed by atoms with van der Waals surface area (Å²) in [7, 11) is 0. The highest BCUT2D eigenvalue weighted by Gasteiger charge is 2.10. The van der Waals surface area contributed by atoms with Crippen molar-refractivity contribution in [1.29, 1.82) is 0 Å². The number of nitrogens with one attached hydrogen (secondary N) is 1. The van der Waals surface area contributed by atoms with Crippen LogP contribution in [0.3, 0.4) is 0 Å². The Morgan fingerprint density at radius 2 is 1.96 bits per heavy atom. The van der Waals surface area contributed by atoms with Gasteiger partial charge in [-0.25, -0.2) is 0 Å². The molecule has 23 heavy (non-hydrogen) atoms. The SMILES string of the molecule is Cc1cnn(CCNC[C@@H](O)COc2c(C)ccc(C)c2C)c1. The van der Waals surface area contributed by atoms with Gasteiger partial charge in [0.2, 0.25) is 0 Å². The number of hydrogen-bond acceptors (Lipinski definition) is 4. The molecular formula is C18H27N3O2. The van der Waals surface area contributed by atoms with Gasteiger partial charge in [0.05, 0.1) is 12.7 Å². The summed E-state index contributed by atoms with van der Waals surface area (Å²) in [5.74, 6) is 0.885. The molecule has 0 radical (unpaired) electrons. The summed E-state index contributed by atoms with van der Waals surface area (Å²) < 4.78 is 7.71. The highest BCUT2D eigenvalue weighted by atomic mass is 16.5. The summed E-state index contributed by atoms with van der Waals surface area (Å²) in [6.07, 6.45) is 3.31. The summed E-state index contributed by atoms with van der Waals surface area (Å²) in [6.45, 7) is 10.5. The van der Waals surface area contributed by atoms with E-state index in [4.69, 9.17) is 4.74 Å². The summed E-state index contributed by atoms with van der Waals surface area (Å²) in [4.78, 5) is 0. The van der Waals surface area contributed by atoms with E-state index < -0.39 is 6.10 Å². The molecule has 2 aromatic rings. The zero-order valence-electron chi connectivity index (χ0n) is 14.5. The average molecular weight is 317 g/mol. The zero-order chi connectivity index (χ0) is 16.8. The maximum atomic E-state index is 10.1. The molecule has 0 aliphatic rings. The molecular weight excluding hydrogens is 290 g/mol. The molecule has 2 rings (SSSR count). The Morgan fingerprint density at radius 1 is 1.22 bits per heavy atom. The highest BCUT2D eigenvalue weighted by molar-refractivity contribution is 5.44. The second-order valence-corrected chi connectivity index (χ2v) is 6.10. The Bertz CT molecular complexity index is 637. The quantitative estimate of drug-likeness (QED) is 0.733. The fraction of sp³-hybridized carbons (Fsp3) is 0.500. The van der Waals surface area contributed by atoms with E-state index >= 15 is 0 Å². The third-order valence-electron chi connectivity index (χ3n) is 3.95. The van der Waals surface area contributed by atoms with Gasteiger partial charge in [-0.15, -0.1) is 0 Å². The number of aryl methyl sites for hydroxylation is 3. The summed E-state index contributed by atoms with van der Waals surface area (Å²) in [5, 5.41) is 17.5. The van der Waals surface area contributed by atoms with E-state index in [1.54, 1.807) is 0 Å². The fourth-order valence-electron chi connectivity index (χ4n) is 2.44. The first-order valence-electron chi connectivity index (χ1n) is 8.05. The number of aromatic nitrogens is 2. The van der Waals surface area contributed by atoms with Crippen molar-refractivity contribution in [2.24, 2.45) is 0 Å². The van der Waals surface area contributed by atoms with Crippen LogP contribution in [0.15, 0.2) is 24.5 Å². The van der Waals surface area contributed by atoms with Crippen molar-refractivity contribution in [2.45, 2.75) is 40.3 Å². The number of rotatable bonds is 8. The first kappa shape index (κ1) is 17.5. The van der Waals surface area contributed by atoms with Crippen LogP contribution in [0, 0.1) is 27.7 Å². The van der Waals surface area contributed by atoms with E-state index in [0.717, 1.165) is 35.5 Å². The van der Waals surface area contributed by atoms with Crippen molar-refractivity contribution in [2.75, 3.05) is 19.7 Å². The molecule has 0 saturated heterocycles. The molecule has 0 amide bonds. The minimum atomic E-state index is -0.534. The van der Waals surface area contributed by atoms with Gasteiger partial charge in [-0.1, -0.05) is 12.1 Å². The average Bonchev–Trinajstić information content (AvgIpc) is 2.93. The molecule has 1 aromatic carbocycles. The van der Waals surface area contributed by atoms with E-state index in [1.165, 1.54) is 5.56 Å². The van der Waals surface area contributed by atoms with Gasteiger partial charge in [-0.05, 0) is 49.9 Å². The first-order valence-corrected chi connectivity index (χ1v) is 8.05. The lowest BCUT2D eigenvalue weighted by atomic mass is 10.1. The van der Waals surface area contributed by atoms with Crippen molar-refractivity contribution in [3.8, 4) is 5.75 Å². The van der Waals surface area contributed by atoms with Crippen LogP contribution in [0.5, 0.6) is 5.75 Å². The minimum Gasteiger partial charge on any atom is -0.490 e. The van der Waals surface area contributed by atoms with Gasteiger partial charge >= 0.3 is 0 Å². The first-order chi connectivity index (χ1) is 11.0. The number of aliphatic hydroxyl groups is 1. The van der Waals surface area contributed by atoms with Crippen LogP contribution >= 0.6 is 0 Å². The highest BCUT2D eigenvalue weighted by Crippen LogP contribution is 2.25. The molecule has 0 fully saturated rings. The third kappa shape index (κ3) is 5.08. The second-order valence-electron chi connectivity index (χ2n) is 6.10. The summed E-state index contributed by atoms with van der Waals surface area (Å²) >= 11 is 0.